The molecular weight excluding hydrogens is 457 g/mol. The number of primary amides is 1. The molecule has 0 saturated carbocycles. The highest BCUT2D eigenvalue weighted by atomic mass is 35.5. The lowest BCUT2D eigenvalue weighted by Gasteiger charge is -2.39. The number of carboxylic acid groups (broad SMARTS) is 1. The van der Waals surface area contributed by atoms with E-state index in [9.17, 15) is 14.7 Å². The molecule has 0 aromatic heterocycles. The second kappa shape index (κ2) is 14.0. The Morgan fingerprint density at radius 2 is 1.53 bits per heavy atom. The highest BCUT2D eigenvalue weighted by Gasteiger charge is 2.42. The summed E-state index contributed by atoms with van der Waals surface area (Å²) in [5.74, 6) is -1.16. The molecule has 8 heteroatoms. The van der Waals surface area contributed by atoms with Gasteiger partial charge in [0.15, 0.2) is 0 Å². The maximum Gasteiger partial charge on any atom is 0.303 e. The maximum absolute atomic E-state index is 12.0. The van der Waals surface area contributed by atoms with E-state index in [1.54, 1.807) is 23.5 Å². The highest BCUT2D eigenvalue weighted by Crippen LogP contribution is 2.56. The van der Waals surface area contributed by atoms with Gasteiger partial charge in [-0.3, -0.25) is 9.59 Å². The minimum absolute atomic E-state index is 0. The van der Waals surface area contributed by atoms with Crippen molar-refractivity contribution in [1.29, 1.82) is 0 Å². The van der Waals surface area contributed by atoms with E-state index >= 15 is 0 Å². The predicted octanol–water partition coefficient (Wildman–Crippen LogP) is 5.89. The van der Waals surface area contributed by atoms with Crippen molar-refractivity contribution in [1.82, 2.24) is 0 Å². The number of benzene rings is 2. The van der Waals surface area contributed by atoms with Gasteiger partial charge in [-0.15, -0.1) is 44.5 Å². The summed E-state index contributed by atoms with van der Waals surface area (Å²) >= 11 is 3.34. The Kier molecular flexibility index (Phi) is 12.5. The molecule has 0 spiro atoms. The van der Waals surface area contributed by atoms with Crippen molar-refractivity contribution in [2.24, 2.45) is 5.73 Å². The van der Waals surface area contributed by atoms with E-state index in [4.69, 9.17) is 5.73 Å². The van der Waals surface area contributed by atoms with Gasteiger partial charge >= 0.3 is 5.97 Å². The normalized spacial score (nSPS) is 12.4. The van der Waals surface area contributed by atoms with Crippen molar-refractivity contribution in [3.05, 3.63) is 60.7 Å². The molecule has 0 saturated heterocycles. The van der Waals surface area contributed by atoms with E-state index in [0.29, 0.717) is 15.0 Å². The van der Waals surface area contributed by atoms with Gasteiger partial charge in [0.25, 0.3) is 0 Å². The van der Waals surface area contributed by atoms with Crippen molar-refractivity contribution in [2.75, 3.05) is 6.16 Å². The van der Waals surface area contributed by atoms with Crippen LogP contribution in [0.2, 0.25) is 0 Å². The zero-order valence-corrected chi connectivity index (χ0v) is 20.4. The van der Waals surface area contributed by atoms with E-state index in [1.165, 1.54) is 0 Å². The smallest absolute Gasteiger partial charge is 0.303 e. The molecule has 2 aromatic rings. The molecule has 3 N–H and O–H groups in total. The van der Waals surface area contributed by atoms with Crippen LogP contribution in [0.1, 0.15) is 32.6 Å². The predicted molar refractivity (Wildman–Crippen MR) is 133 cm³/mol. The van der Waals surface area contributed by atoms with Crippen LogP contribution in [0.4, 0.5) is 0 Å². The Morgan fingerprint density at radius 1 is 1.03 bits per heavy atom. The Balaban J connectivity index is 0.00000450. The fraction of sp³-hybridized carbons (Fsp3) is 0.364. The molecule has 0 fully saturated rings. The molecule has 1 amide bonds. The van der Waals surface area contributed by atoms with Crippen LogP contribution in [-0.2, 0) is 9.59 Å². The van der Waals surface area contributed by atoms with Gasteiger partial charge in [0.2, 0.25) is 5.91 Å². The SMILES string of the molecule is CCCPC(CC(N)=O)C(CCC(=O)O)(Sc1ccccc1)Sc1ccccc1.Cl. The number of nitrogens with two attached hydrogens (primary N) is 1. The zero-order chi connectivity index (χ0) is 21.1. The molecule has 0 aliphatic heterocycles. The van der Waals surface area contributed by atoms with Crippen molar-refractivity contribution in [3.8, 4) is 0 Å². The molecule has 2 unspecified atom stereocenters. The summed E-state index contributed by atoms with van der Waals surface area (Å²) in [5, 5.41) is 9.44. The molecule has 0 aliphatic carbocycles. The third-order valence-corrected chi connectivity index (χ3v) is 9.91. The first-order valence-electron chi connectivity index (χ1n) is 9.67. The van der Waals surface area contributed by atoms with E-state index in [-0.39, 0.29) is 36.8 Å². The van der Waals surface area contributed by atoms with Crippen LogP contribution in [0.25, 0.3) is 0 Å². The minimum Gasteiger partial charge on any atom is -0.481 e. The first-order valence-corrected chi connectivity index (χ1v) is 12.6. The summed E-state index contributed by atoms with van der Waals surface area (Å²) < 4.78 is -0.496. The van der Waals surface area contributed by atoms with Gasteiger partial charge in [0, 0.05) is 28.3 Å². The van der Waals surface area contributed by atoms with E-state index in [0.717, 1.165) is 22.4 Å². The monoisotopic (exact) mass is 485 g/mol. The van der Waals surface area contributed by atoms with Crippen molar-refractivity contribution < 1.29 is 14.7 Å². The molecule has 164 valence electrons. The molecule has 2 rings (SSSR count). The molecule has 2 atom stereocenters. The van der Waals surface area contributed by atoms with Crippen LogP contribution in [0.5, 0.6) is 0 Å². The van der Waals surface area contributed by atoms with Gasteiger partial charge < -0.3 is 10.8 Å². The van der Waals surface area contributed by atoms with Gasteiger partial charge in [0.1, 0.15) is 0 Å². The Hall–Kier alpha value is -1.20. The second-order valence-corrected chi connectivity index (χ2v) is 11.4. The number of halogens is 1. The summed E-state index contributed by atoms with van der Waals surface area (Å²) in [7, 11) is 0.539. The molecule has 0 aliphatic rings. The number of hydrogen-bond donors (Lipinski definition) is 2. The zero-order valence-electron chi connectivity index (χ0n) is 17.0. The van der Waals surface area contributed by atoms with Gasteiger partial charge in [-0.2, -0.15) is 0 Å². The molecule has 4 nitrogen and oxygen atoms in total. The summed E-state index contributed by atoms with van der Waals surface area (Å²) in [6.45, 7) is 2.13. The minimum atomic E-state index is -0.826. The lowest BCUT2D eigenvalue weighted by molar-refractivity contribution is -0.137. The molecule has 0 heterocycles. The van der Waals surface area contributed by atoms with Crippen LogP contribution in [-0.4, -0.2) is 32.9 Å². The third kappa shape index (κ3) is 8.89. The Labute approximate surface area is 195 Å². The summed E-state index contributed by atoms with van der Waals surface area (Å²) in [5.41, 5.74) is 5.63. The van der Waals surface area contributed by atoms with E-state index < -0.39 is 10.0 Å². The van der Waals surface area contributed by atoms with Crippen LogP contribution in [0, 0.1) is 0 Å². The van der Waals surface area contributed by atoms with Crippen LogP contribution in [0.3, 0.4) is 0 Å². The number of carbonyl (C=O) groups excluding carboxylic acids is 1. The molecule has 0 radical (unpaired) electrons. The average molecular weight is 486 g/mol. The maximum atomic E-state index is 12.0. The van der Waals surface area contributed by atoms with Crippen molar-refractivity contribution in [2.45, 2.75) is 52.1 Å². The topological polar surface area (TPSA) is 80.4 Å². The van der Waals surface area contributed by atoms with Gasteiger partial charge in [0.05, 0.1) is 4.08 Å². The number of hydrogen-bond acceptors (Lipinski definition) is 4. The van der Waals surface area contributed by atoms with E-state index in [2.05, 4.69) is 6.92 Å². The lowest BCUT2D eigenvalue weighted by Crippen LogP contribution is -2.37. The van der Waals surface area contributed by atoms with Gasteiger partial charge in [-0.25, -0.2) is 0 Å². The van der Waals surface area contributed by atoms with Crippen LogP contribution in [0.15, 0.2) is 70.5 Å². The number of thioether (sulfide) groups is 2. The fourth-order valence-electron chi connectivity index (χ4n) is 3.00. The first-order chi connectivity index (χ1) is 13.9. The summed E-state index contributed by atoms with van der Waals surface area (Å²) in [4.78, 5) is 25.6. The van der Waals surface area contributed by atoms with Gasteiger partial charge in [-0.05, 0) is 36.8 Å². The number of aliphatic carboxylic acids is 1. The first kappa shape index (κ1) is 26.8. The Bertz CT molecular complexity index is 739. The number of carboxylic acids is 1. The fourth-order valence-corrected chi connectivity index (χ4v) is 8.28. The van der Waals surface area contributed by atoms with Gasteiger partial charge in [-0.1, -0.05) is 49.7 Å². The molecule has 30 heavy (non-hydrogen) atoms. The summed E-state index contributed by atoms with van der Waals surface area (Å²) in [6, 6.07) is 20.0. The van der Waals surface area contributed by atoms with E-state index in [1.807, 2.05) is 60.7 Å². The summed E-state index contributed by atoms with van der Waals surface area (Å²) in [6.07, 6.45) is 2.78. The quantitative estimate of drug-likeness (QED) is 0.210. The average Bonchev–Trinajstić information content (AvgIpc) is 2.70. The highest BCUT2D eigenvalue weighted by molar-refractivity contribution is 8.18. The molecule has 0 bridgehead atoms. The number of rotatable bonds is 13. The van der Waals surface area contributed by atoms with Crippen molar-refractivity contribution >= 4 is 56.4 Å². The molecular formula is C22H29ClNO3PS2. The third-order valence-electron chi connectivity index (χ3n) is 4.33. The Morgan fingerprint density at radius 3 is 1.93 bits per heavy atom. The van der Waals surface area contributed by atoms with Crippen LogP contribution >= 0.6 is 44.5 Å². The molecule has 2 aromatic carbocycles. The number of carbonyl (C=O) groups is 2. The largest absolute Gasteiger partial charge is 0.481 e. The van der Waals surface area contributed by atoms with Crippen molar-refractivity contribution in [3.63, 3.8) is 0 Å². The second-order valence-electron chi connectivity index (χ2n) is 6.71. The standard InChI is InChI=1S/C22H28NO3PS2.ClH/c1-2-15-27-19(16-20(23)24)22(14-13-21(25)26,28-17-9-5-3-6-10-17)29-18-11-7-4-8-12-18;/h3-12,19,27H,2,13-16H2,1H3,(H2,23,24)(H,25,26);1H. The number of amides is 1. The van der Waals surface area contributed by atoms with Crippen LogP contribution < -0.4 is 5.73 Å². The lowest BCUT2D eigenvalue weighted by atomic mass is 10.1.